The molecule has 10 nitrogen and oxygen atoms in total. The minimum Gasteiger partial charge on any atom is -0.423 e. The number of carbonyl (C=O) groups is 2. The lowest BCUT2D eigenvalue weighted by Crippen LogP contribution is -2.30. The van der Waals surface area contributed by atoms with E-state index in [-0.39, 0.29) is 17.9 Å². The molecule has 3 heterocycles. The molecular weight excluding hydrogens is 423 g/mol. The van der Waals surface area contributed by atoms with E-state index in [1.54, 1.807) is 47.0 Å². The van der Waals surface area contributed by atoms with E-state index in [0.717, 1.165) is 11.1 Å². The molecule has 11 heteroatoms. The van der Waals surface area contributed by atoms with Crippen molar-refractivity contribution in [3.8, 4) is 11.5 Å². The van der Waals surface area contributed by atoms with Gasteiger partial charge in [-0.2, -0.15) is 0 Å². The third-order valence-corrected chi connectivity index (χ3v) is 5.24. The first-order chi connectivity index (χ1) is 15.8. The number of pyridine rings is 1. The number of carbonyl (C=O) groups excluding carboxylic acids is 2. The predicted molar refractivity (Wildman–Crippen MR) is 124 cm³/mol. The summed E-state index contributed by atoms with van der Waals surface area (Å²) in [6, 6.07) is 11.9. The first-order valence-electron chi connectivity index (χ1n) is 10.0. The fourth-order valence-electron chi connectivity index (χ4n) is 3.68. The molecule has 0 aliphatic heterocycles. The molecule has 2 amide bonds. The molecule has 33 heavy (non-hydrogen) atoms. The molecule has 3 aromatic heterocycles. The van der Waals surface area contributed by atoms with E-state index in [1.165, 1.54) is 6.20 Å². The third-order valence-electron chi connectivity index (χ3n) is 5.24. The second-order valence-electron chi connectivity index (χ2n) is 7.51. The normalized spacial score (nSPS) is 10.9. The predicted octanol–water partition coefficient (Wildman–Crippen LogP) is 0.194. The molecule has 0 spiro atoms. The average molecular weight is 444 g/mol. The lowest BCUT2D eigenvalue weighted by atomic mass is 9.80. The molecule has 0 unspecified atom stereocenters. The molecule has 0 radical (unpaired) electrons. The smallest absolute Gasteiger partial charge is 0.423 e. The quantitative estimate of drug-likeness (QED) is 0.254. The second kappa shape index (κ2) is 8.73. The Morgan fingerprint density at radius 1 is 1.09 bits per heavy atom. The number of nitrogens with two attached hydrogens (primary N) is 2. The third kappa shape index (κ3) is 4.27. The number of fused-ring (bicyclic) bond motifs is 1. The Balaban J connectivity index is 1.75. The SMILES string of the molecule is Cc1cc2c(C(N)=O)cccn2c1-c1ncc(C(N)=O)c(NCc2cccc(B(O)O)c2)n1. The Kier molecular flexibility index (Phi) is 5.82. The van der Waals surface area contributed by atoms with Crippen molar-refractivity contribution < 1.29 is 19.6 Å². The average Bonchev–Trinajstić information content (AvgIpc) is 3.13. The van der Waals surface area contributed by atoms with E-state index in [0.29, 0.717) is 28.1 Å². The van der Waals surface area contributed by atoms with Crippen molar-refractivity contribution in [2.45, 2.75) is 13.5 Å². The Morgan fingerprint density at radius 3 is 2.55 bits per heavy atom. The minimum atomic E-state index is -1.59. The summed E-state index contributed by atoms with van der Waals surface area (Å²) in [6.45, 7) is 2.11. The van der Waals surface area contributed by atoms with E-state index < -0.39 is 18.9 Å². The number of hydrogen-bond acceptors (Lipinski definition) is 7. The van der Waals surface area contributed by atoms with Crippen LogP contribution in [0.4, 0.5) is 5.82 Å². The molecule has 0 fully saturated rings. The van der Waals surface area contributed by atoms with Crippen molar-refractivity contribution in [3.63, 3.8) is 0 Å². The molecule has 4 aromatic rings. The molecule has 4 rings (SSSR count). The van der Waals surface area contributed by atoms with E-state index in [1.807, 2.05) is 13.0 Å². The van der Waals surface area contributed by atoms with Crippen molar-refractivity contribution in [2.75, 3.05) is 5.32 Å². The zero-order valence-electron chi connectivity index (χ0n) is 17.7. The van der Waals surface area contributed by atoms with Gasteiger partial charge in [0.15, 0.2) is 5.82 Å². The molecule has 0 aliphatic carbocycles. The molecule has 0 saturated heterocycles. The largest absolute Gasteiger partial charge is 0.488 e. The van der Waals surface area contributed by atoms with Crippen LogP contribution in [0.25, 0.3) is 17.0 Å². The number of hydrogen-bond donors (Lipinski definition) is 5. The summed E-state index contributed by atoms with van der Waals surface area (Å²) in [5.74, 6) is -0.701. The van der Waals surface area contributed by atoms with Gasteiger partial charge in [0.25, 0.3) is 11.8 Å². The maximum Gasteiger partial charge on any atom is 0.488 e. The number of benzene rings is 1. The van der Waals surface area contributed by atoms with Crippen LogP contribution < -0.4 is 22.2 Å². The van der Waals surface area contributed by atoms with Crippen LogP contribution in [-0.2, 0) is 6.54 Å². The van der Waals surface area contributed by atoms with Gasteiger partial charge >= 0.3 is 7.12 Å². The first kappa shape index (κ1) is 22.0. The monoisotopic (exact) mass is 444 g/mol. The maximum absolute atomic E-state index is 12.0. The highest BCUT2D eigenvalue weighted by molar-refractivity contribution is 6.58. The van der Waals surface area contributed by atoms with E-state index in [9.17, 15) is 19.6 Å². The molecule has 7 N–H and O–H groups in total. The van der Waals surface area contributed by atoms with Crippen LogP contribution in [0.15, 0.2) is 54.9 Å². The fraction of sp³-hybridized carbons (Fsp3) is 0.0909. The highest BCUT2D eigenvalue weighted by atomic mass is 16.4. The zero-order valence-corrected chi connectivity index (χ0v) is 17.7. The topological polar surface area (TPSA) is 169 Å². The van der Waals surface area contributed by atoms with Crippen molar-refractivity contribution in [3.05, 3.63) is 77.1 Å². The molecule has 166 valence electrons. The van der Waals surface area contributed by atoms with Crippen LogP contribution in [0, 0.1) is 6.92 Å². The van der Waals surface area contributed by atoms with Crippen molar-refractivity contribution in [1.82, 2.24) is 14.4 Å². The first-order valence-corrected chi connectivity index (χ1v) is 10.0. The number of rotatable bonds is 7. The Labute approximate surface area is 189 Å². The number of amides is 2. The highest BCUT2D eigenvalue weighted by Crippen LogP contribution is 2.28. The summed E-state index contributed by atoms with van der Waals surface area (Å²) in [7, 11) is -1.59. The summed E-state index contributed by atoms with van der Waals surface area (Å²) in [5.41, 5.74) is 14.6. The number of aromatic nitrogens is 3. The lowest BCUT2D eigenvalue weighted by molar-refractivity contribution is 0.0992. The van der Waals surface area contributed by atoms with Crippen LogP contribution in [0.1, 0.15) is 31.8 Å². The molecule has 0 aliphatic rings. The van der Waals surface area contributed by atoms with Gasteiger partial charge in [0.2, 0.25) is 0 Å². The summed E-state index contributed by atoms with van der Waals surface area (Å²) in [4.78, 5) is 32.6. The van der Waals surface area contributed by atoms with Crippen molar-refractivity contribution in [1.29, 1.82) is 0 Å². The van der Waals surface area contributed by atoms with E-state index in [4.69, 9.17) is 11.5 Å². The van der Waals surface area contributed by atoms with Crippen LogP contribution in [-0.4, -0.2) is 43.3 Å². The fourth-order valence-corrected chi connectivity index (χ4v) is 3.68. The zero-order chi connectivity index (χ0) is 23.7. The number of aryl methyl sites for hydroxylation is 1. The van der Waals surface area contributed by atoms with Crippen molar-refractivity contribution >= 4 is 35.7 Å². The van der Waals surface area contributed by atoms with Gasteiger partial charge in [-0.25, -0.2) is 9.97 Å². The molecule has 0 atom stereocenters. The Bertz CT molecular complexity index is 1380. The van der Waals surface area contributed by atoms with Gasteiger partial charge in [-0.3, -0.25) is 9.59 Å². The summed E-state index contributed by atoms with van der Waals surface area (Å²) < 4.78 is 1.77. The van der Waals surface area contributed by atoms with Gasteiger partial charge in [-0.1, -0.05) is 24.3 Å². The van der Waals surface area contributed by atoms with E-state index >= 15 is 0 Å². The summed E-state index contributed by atoms with van der Waals surface area (Å²) in [6.07, 6.45) is 3.12. The summed E-state index contributed by atoms with van der Waals surface area (Å²) in [5, 5.41) is 21.8. The van der Waals surface area contributed by atoms with Gasteiger partial charge < -0.3 is 31.2 Å². The standard InChI is InChI=1S/C22H21BN6O4/c1-12-8-17-15(19(24)30)6-3-7-29(17)18(12)22-27-11-16(20(25)31)21(28-22)26-10-13-4-2-5-14(9-13)23(32)33/h2-9,11,32-33H,10H2,1H3,(H2,24,30)(H2,25,31)(H,26,27,28). The van der Waals surface area contributed by atoms with Crippen LogP contribution in [0.3, 0.4) is 0 Å². The van der Waals surface area contributed by atoms with Gasteiger partial charge in [-0.05, 0) is 41.7 Å². The van der Waals surface area contributed by atoms with Crippen LogP contribution in [0.2, 0.25) is 0 Å². The number of primary amides is 2. The number of nitrogens with one attached hydrogen (secondary N) is 1. The summed E-state index contributed by atoms with van der Waals surface area (Å²) >= 11 is 0. The van der Waals surface area contributed by atoms with Crippen LogP contribution in [0.5, 0.6) is 0 Å². The van der Waals surface area contributed by atoms with Gasteiger partial charge in [0.1, 0.15) is 5.82 Å². The number of anilines is 1. The molecule has 0 saturated carbocycles. The van der Waals surface area contributed by atoms with Gasteiger partial charge in [0, 0.05) is 18.9 Å². The van der Waals surface area contributed by atoms with Gasteiger partial charge in [0.05, 0.1) is 22.3 Å². The molecule has 0 bridgehead atoms. The van der Waals surface area contributed by atoms with Crippen molar-refractivity contribution in [2.24, 2.45) is 11.5 Å². The second-order valence-corrected chi connectivity index (χ2v) is 7.51. The van der Waals surface area contributed by atoms with Gasteiger partial charge in [-0.15, -0.1) is 0 Å². The lowest BCUT2D eigenvalue weighted by Gasteiger charge is -2.12. The maximum atomic E-state index is 12.0. The molecular formula is C22H21BN6O4. The number of nitrogens with zero attached hydrogens (tertiary/aromatic N) is 3. The van der Waals surface area contributed by atoms with E-state index in [2.05, 4.69) is 15.3 Å². The minimum absolute atomic E-state index is 0.105. The molecule has 1 aromatic carbocycles. The Hall–Kier alpha value is -4.22. The highest BCUT2D eigenvalue weighted by Gasteiger charge is 2.19. The van der Waals surface area contributed by atoms with Crippen LogP contribution >= 0.6 is 0 Å². The Morgan fingerprint density at radius 2 is 1.85 bits per heavy atom.